The van der Waals surface area contributed by atoms with Crippen LogP contribution in [0, 0.1) is 0 Å². The van der Waals surface area contributed by atoms with Gasteiger partial charge in [-0.1, -0.05) is 26.0 Å². The Morgan fingerprint density at radius 1 is 1.21 bits per heavy atom. The van der Waals surface area contributed by atoms with Crippen LogP contribution < -0.4 is 4.72 Å². The smallest absolute Gasteiger partial charge is 0.263 e. The van der Waals surface area contributed by atoms with Gasteiger partial charge in [-0.25, -0.2) is 13.4 Å². The predicted molar refractivity (Wildman–Crippen MR) is 74.5 cm³/mol. The average molecular weight is 279 g/mol. The van der Waals surface area contributed by atoms with Crippen molar-refractivity contribution in [2.75, 3.05) is 4.72 Å². The summed E-state index contributed by atoms with van der Waals surface area (Å²) in [4.78, 5) is 4.18. The maximum absolute atomic E-state index is 12.1. The molecule has 0 atom stereocenters. The van der Waals surface area contributed by atoms with Crippen LogP contribution in [0.5, 0.6) is 0 Å². The van der Waals surface area contributed by atoms with E-state index in [4.69, 9.17) is 0 Å². The van der Waals surface area contributed by atoms with Gasteiger partial charge >= 0.3 is 0 Å². The largest absolute Gasteiger partial charge is 0.338 e. The Hall–Kier alpha value is -1.82. The fraction of sp³-hybridized carbons (Fsp3) is 0.308. The van der Waals surface area contributed by atoms with E-state index in [1.165, 1.54) is 0 Å². The molecule has 102 valence electrons. The monoisotopic (exact) mass is 279 g/mol. The second-order valence-electron chi connectivity index (χ2n) is 4.75. The summed E-state index contributed by atoms with van der Waals surface area (Å²) in [6, 6.07) is 6.89. The highest BCUT2D eigenvalue weighted by Gasteiger charge is 2.15. The molecule has 1 heterocycles. The minimum Gasteiger partial charge on any atom is -0.338 e. The van der Waals surface area contributed by atoms with Crippen molar-refractivity contribution in [2.24, 2.45) is 7.05 Å². The van der Waals surface area contributed by atoms with Gasteiger partial charge in [0.2, 0.25) is 0 Å². The lowest BCUT2D eigenvalue weighted by molar-refractivity contribution is 0.601. The molecule has 2 aromatic rings. The molecule has 1 N–H and O–H groups in total. The van der Waals surface area contributed by atoms with Gasteiger partial charge in [-0.3, -0.25) is 4.72 Å². The lowest BCUT2D eigenvalue weighted by Crippen LogP contribution is -2.13. The molecule has 0 aliphatic rings. The Kier molecular flexibility index (Phi) is 3.61. The van der Waals surface area contributed by atoms with Gasteiger partial charge in [0.1, 0.15) is 0 Å². The van der Waals surface area contributed by atoms with Crippen LogP contribution in [0.1, 0.15) is 25.3 Å². The van der Waals surface area contributed by atoms with Gasteiger partial charge < -0.3 is 4.57 Å². The molecular weight excluding hydrogens is 262 g/mol. The molecule has 0 aliphatic heterocycles. The van der Waals surface area contributed by atoms with E-state index in [9.17, 15) is 8.42 Å². The highest BCUT2D eigenvalue weighted by atomic mass is 32.2. The minimum atomic E-state index is -3.57. The topological polar surface area (TPSA) is 64.0 Å². The van der Waals surface area contributed by atoms with Gasteiger partial charge in [-0.2, -0.15) is 0 Å². The van der Waals surface area contributed by atoms with Crippen LogP contribution in [0.2, 0.25) is 0 Å². The van der Waals surface area contributed by atoms with Crippen LogP contribution in [0.4, 0.5) is 5.82 Å². The Labute approximate surface area is 113 Å². The standard InChI is InChI=1S/C13H17N3O2S/c1-10(2)11-4-6-12(7-5-11)19(17,18)15-13-8-16(3)9-14-13/h4-10,15H,1-3H3. The Morgan fingerprint density at radius 2 is 1.84 bits per heavy atom. The first kappa shape index (κ1) is 13.6. The molecule has 2 rings (SSSR count). The van der Waals surface area contributed by atoms with Gasteiger partial charge in [0.15, 0.2) is 5.82 Å². The first-order chi connectivity index (χ1) is 8.88. The van der Waals surface area contributed by atoms with E-state index in [2.05, 4.69) is 23.6 Å². The molecule has 0 saturated carbocycles. The maximum atomic E-state index is 12.1. The van der Waals surface area contributed by atoms with Gasteiger partial charge in [-0.15, -0.1) is 0 Å². The number of hydrogen-bond acceptors (Lipinski definition) is 3. The van der Waals surface area contributed by atoms with Crippen molar-refractivity contribution < 1.29 is 8.42 Å². The zero-order chi connectivity index (χ0) is 14.0. The number of aromatic nitrogens is 2. The first-order valence-electron chi connectivity index (χ1n) is 5.99. The third-order valence-electron chi connectivity index (χ3n) is 2.80. The van der Waals surface area contributed by atoms with Crippen LogP contribution in [0.25, 0.3) is 0 Å². The average Bonchev–Trinajstić information content (AvgIpc) is 2.74. The van der Waals surface area contributed by atoms with Crippen molar-refractivity contribution in [3.63, 3.8) is 0 Å². The van der Waals surface area contributed by atoms with Crippen molar-refractivity contribution in [3.8, 4) is 0 Å². The van der Waals surface area contributed by atoms with Crippen LogP contribution in [0.15, 0.2) is 41.7 Å². The number of imidazole rings is 1. The molecule has 0 fully saturated rings. The van der Waals surface area contributed by atoms with E-state index in [0.717, 1.165) is 5.56 Å². The van der Waals surface area contributed by atoms with Crippen LogP contribution in [0.3, 0.4) is 0 Å². The van der Waals surface area contributed by atoms with Crippen molar-refractivity contribution >= 4 is 15.8 Å². The second kappa shape index (κ2) is 5.05. The number of anilines is 1. The SMILES string of the molecule is CC(C)c1ccc(S(=O)(=O)Nc2cn(C)cn2)cc1. The molecule has 0 unspecified atom stereocenters. The zero-order valence-corrected chi connectivity index (χ0v) is 12.0. The molecule has 5 nitrogen and oxygen atoms in total. The fourth-order valence-electron chi connectivity index (χ4n) is 1.69. The summed E-state index contributed by atoms with van der Waals surface area (Å²) < 4.78 is 28.4. The highest BCUT2D eigenvalue weighted by Crippen LogP contribution is 2.19. The Bertz CT molecular complexity index is 657. The number of nitrogens with zero attached hydrogens (tertiary/aromatic N) is 2. The van der Waals surface area contributed by atoms with Crippen molar-refractivity contribution in [1.82, 2.24) is 9.55 Å². The summed E-state index contributed by atoms with van der Waals surface area (Å²) in [5.41, 5.74) is 1.11. The highest BCUT2D eigenvalue weighted by molar-refractivity contribution is 7.92. The minimum absolute atomic E-state index is 0.238. The lowest BCUT2D eigenvalue weighted by atomic mass is 10.0. The predicted octanol–water partition coefficient (Wildman–Crippen LogP) is 2.34. The summed E-state index contributed by atoms with van der Waals surface area (Å²) in [5, 5.41) is 0. The number of sulfonamides is 1. The van der Waals surface area contributed by atoms with E-state index in [0.29, 0.717) is 11.7 Å². The second-order valence-corrected chi connectivity index (χ2v) is 6.44. The van der Waals surface area contributed by atoms with Crippen LogP contribution >= 0.6 is 0 Å². The van der Waals surface area contributed by atoms with E-state index < -0.39 is 10.0 Å². The number of nitrogens with one attached hydrogen (secondary N) is 1. The summed E-state index contributed by atoms with van der Waals surface area (Å²) >= 11 is 0. The Morgan fingerprint density at radius 3 is 2.32 bits per heavy atom. The van der Waals surface area contributed by atoms with Crippen LogP contribution in [-0.4, -0.2) is 18.0 Å². The molecule has 1 aromatic heterocycles. The normalized spacial score (nSPS) is 11.8. The quantitative estimate of drug-likeness (QED) is 0.934. The summed E-state index contributed by atoms with van der Waals surface area (Å²) in [6.45, 7) is 4.13. The van der Waals surface area contributed by atoms with E-state index in [1.54, 1.807) is 36.3 Å². The molecular formula is C13H17N3O2S. The molecule has 0 radical (unpaired) electrons. The first-order valence-corrected chi connectivity index (χ1v) is 7.47. The number of aryl methyl sites for hydroxylation is 1. The molecule has 0 aliphatic carbocycles. The number of hydrogen-bond donors (Lipinski definition) is 1. The van der Waals surface area contributed by atoms with Gasteiger partial charge in [-0.05, 0) is 23.6 Å². The molecule has 6 heteroatoms. The zero-order valence-electron chi connectivity index (χ0n) is 11.2. The number of benzene rings is 1. The third kappa shape index (κ3) is 3.14. The third-order valence-corrected chi connectivity index (χ3v) is 4.17. The van der Waals surface area contributed by atoms with E-state index in [1.807, 2.05) is 12.1 Å². The van der Waals surface area contributed by atoms with Crippen LogP contribution in [-0.2, 0) is 17.1 Å². The summed E-state index contributed by atoms with van der Waals surface area (Å²) in [5.74, 6) is 0.691. The lowest BCUT2D eigenvalue weighted by Gasteiger charge is -2.08. The van der Waals surface area contributed by atoms with Crippen molar-refractivity contribution in [2.45, 2.75) is 24.7 Å². The molecule has 0 bridgehead atoms. The maximum Gasteiger partial charge on any atom is 0.263 e. The van der Waals surface area contributed by atoms with E-state index in [-0.39, 0.29) is 4.90 Å². The van der Waals surface area contributed by atoms with E-state index >= 15 is 0 Å². The van der Waals surface area contributed by atoms with Crippen molar-refractivity contribution in [1.29, 1.82) is 0 Å². The van der Waals surface area contributed by atoms with Gasteiger partial charge in [0.05, 0.1) is 11.2 Å². The molecule has 19 heavy (non-hydrogen) atoms. The van der Waals surface area contributed by atoms with Gasteiger partial charge in [0, 0.05) is 13.2 Å². The molecule has 1 aromatic carbocycles. The number of rotatable bonds is 4. The summed E-state index contributed by atoms with van der Waals surface area (Å²) in [6.07, 6.45) is 3.15. The summed E-state index contributed by atoms with van der Waals surface area (Å²) in [7, 11) is -1.79. The fourth-order valence-corrected chi connectivity index (χ4v) is 2.69. The van der Waals surface area contributed by atoms with Gasteiger partial charge in [0.25, 0.3) is 10.0 Å². The Balaban J connectivity index is 2.24. The van der Waals surface area contributed by atoms with Crippen molar-refractivity contribution in [3.05, 3.63) is 42.4 Å². The molecule has 0 saturated heterocycles. The molecule has 0 spiro atoms. The molecule has 0 amide bonds.